The highest BCUT2D eigenvalue weighted by molar-refractivity contribution is 5.49. The van der Waals surface area contributed by atoms with E-state index in [2.05, 4.69) is 18.8 Å². The van der Waals surface area contributed by atoms with Crippen LogP contribution in [0.5, 0.6) is 0 Å². The van der Waals surface area contributed by atoms with E-state index in [9.17, 15) is 4.79 Å². The first-order chi connectivity index (χ1) is 7.91. The molecule has 92 valence electrons. The van der Waals surface area contributed by atoms with Crippen molar-refractivity contribution in [3.63, 3.8) is 0 Å². The molecule has 0 unspecified atom stereocenters. The van der Waals surface area contributed by atoms with Crippen molar-refractivity contribution >= 4 is 6.29 Å². The van der Waals surface area contributed by atoms with Crippen molar-refractivity contribution < 1.29 is 4.79 Å². The van der Waals surface area contributed by atoms with Gasteiger partial charge in [-0.25, -0.2) is 0 Å². The van der Waals surface area contributed by atoms with Crippen LogP contribution < -0.4 is 0 Å². The minimum atomic E-state index is 0.588. The van der Waals surface area contributed by atoms with E-state index >= 15 is 0 Å². The Morgan fingerprint density at radius 3 is 2.00 bits per heavy atom. The molecule has 0 aliphatic rings. The monoisotopic (exact) mass is 222 g/mol. The zero-order valence-corrected chi connectivity index (χ0v) is 10.8. The van der Waals surface area contributed by atoms with E-state index in [1.54, 1.807) is 0 Å². The first kappa shape index (κ1) is 15.2. The minimum Gasteiger partial charge on any atom is -0.303 e. The van der Waals surface area contributed by atoms with Crippen LogP contribution in [0.3, 0.4) is 0 Å². The Bertz CT molecular complexity index is 197. The second-order valence-electron chi connectivity index (χ2n) is 4.28. The summed E-state index contributed by atoms with van der Waals surface area (Å²) >= 11 is 0. The molecular formula is C15H26O. The molecule has 0 atom stereocenters. The molecule has 0 fully saturated rings. The van der Waals surface area contributed by atoms with Crippen LogP contribution in [0.1, 0.15) is 77.6 Å². The number of rotatable bonds is 10. The van der Waals surface area contributed by atoms with Gasteiger partial charge in [0.1, 0.15) is 6.29 Å². The lowest BCUT2D eigenvalue weighted by molar-refractivity contribution is -0.107. The maximum absolute atomic E-state index is 10.0. The molecule has 0 aliphatic carbocycles. The summed E-state index contributed by atoms with van der Waals surface area (Å²) in [6.45, 7) is 2.25. The fourth-order valence-corrected chi connectivity index (χ4v) is 1.66. The Balaban J connectivity index is 3.02. The normalized spacial score (nSPS) is 9.56. The molecule has 0 saturated heterocycles. The summed E-state index contributed by atoms with van der Waals surface area (Å²) in [5, 5.41) is 0. The van der Waals surface area contributed by atoms with Crippen LogP contribution in [0.2, 0.25) is 0 Å². The Labute approximate surface area is 101 Å². The number of carbonyl (C=O) groups is 1. The minimum absolute atomic E-state index is 0.588. The molecule has 1 nitrogen and oxygen atoms in total. The molecule has 0 spiro atoms. The number of unbranched alkanes of at least 4 members (excludes halogenated alkanes) is 9. The van der Waals surface area contributed by atoms with Gasteiger partial charge in [0.25, 0.3) is 0 Å². The molecule has 0 aromatic rings. The zero-order chi connectivity index (χ0) is 11.9. The Kier molecular flexibility index (Phi) is 13.5. The number of hydrogen-bond acceptors (Lipinski definition) is 1. The number of hydrogen-bond donors (Lipinski definition) is 0. The van der Waals surface area contributed by atoms with Gasteiger partial charge in [-0.2, -0.15) is 0 Å². The van der Waals surface area contributed by atoms with Crippen molar-refractivity contribution in [2.24, 2.45) is 0 Å². The van der Waals surface area contributed by atoms with Crippen LogP contribution >= 0.6 is 0 Å². The smallest absolute Gasteiger partial charge is 0.120 e. The van der Waals surface area contributed by atoms with E-state index in [-0.39, 0.29) is 0 Å². The summed E-state index contributed by atoms with van der Waals surface area (Å²) < 4.78 is 0. The van der Waals surface area contributed by atoms with Crippen LogP contribution in [-0.2, 0) is 4.79 Å². The van der Waals surface area contributed by atoms with E-state index in [0.717, 1.165) is 19.1 Å². The fourth-order valence-electron chi connectivity index (χ4n) is 1.66. The molecular weight excluding hydrogens is 196 g/mol. The van der Waals surface area contributed by atoms with Crippen LogP contribution in [0.4, 0.5) is 0 Å². The second-order valence-corrected chi connectivity index (χ2v) is 4.28. The predicted octanol–water partition coefficient (Wildman–Crippen LogP) is 4.50. The molecule has 0 N–H and O–H groups in total. The molecule has 0 amide bonds. The first-order valence-corrected chi connectivity index (χ1v) is 6.81. The van der Waals surface area contributed by atoms with Gasteiger partial charge in [-0.1, -0.05) is 51.9 Å². The van der Waals surface area contributed by atoms with Crippen LogP contribution in [0, 0.1) is 11.8 Å². The highest BCUT2D eigenvalue weighted by atomic mass is 16.1. The first-order valence-electron chi connectivity index (χ1n) is 6.81. The average molecular weight is 222 g/mol. The van der Waals surface area contributed by atoms with Gasteiger partial charge in [0, 0.05) is 19.3 Å². The van der Waals surface area contributed by atoms with Crippen molar-refractivity contribution in [3.8, 4) is 11.8 Å². The van der Waals surface area contributed by atoms with E-state index in [4.69, 9.17) is 0 Å². The summed E-state index contributed by atoms with van der Waals surface area (Å²) in [7, 11) is 0. The van der Waals surface area contributed by atoms with Gasteiger partial charge in [0.2, 0.25) is 0 Å². The second kappa shape index (κ2) is 14.2. The molecule has 1 heteroatoms. The van der Waals surface area contributed by atoms with E-state index in [1.807, 2.05) is 0 Å². The SMILES string of the molecule is CCCCCCCCCCC#CCCC=O. The molecule has 0 heterocycles. The molecule has 16 heavy (non-hydrogen) atoms. The molecule has 0 saturated carbocycles. The number of aldehydes is 1. The van der Waals surface area contributed by atoms with Gasteiger partial charge in [-0.3, -0.25) is 0 Å². The van der Waals surface area contributed by atoms with Gasteiger partial charge >= 0.3 is 0 Å². The Morgan fingerprint density at radius 2 is 1.38 bits per heavy atom. The molecule has 0 rings (SSSR count). The average Bonchev–Trinajstić information content (AvgIpc) is 2.31. The van der Waals surface area contributed by atoms with Crippen LogP contribution in [0.25, 0.3) is 0 Å². The van der Waals surface area contributed by atoms with Crippen molar-refractivity contribution in [3.05, 3.63) is 0 Å². The van der Waals surface area contributed by atoms with E-state index < -0.39 is 0 Å². The lowest BCUT2D eigenvalue weighted by atomic mass is 10.1. The highest BCUT2D eigenvalue weighted by Crippen LogP contribution is 2.09. The van der Waals surface area contributed by atoms with E-state index in [1.165, 1.54) is 51.4 Å². The van der Waals surface area contributed by atoms with Crippen molar-refractivity contribution in [2.75, 3.05) is 0 Å². The van der Waals surface area contributed by atoms with Gasteiger partial charge in [-0.15, -0.1) is 11.8 Å². The third-order valence-electron chi connectivity index (χ3n) is 2.67. The molecule has 0 aromatic heterocycles. The summed E-state index contributed by atoms with van der Waals surface area (Å²) in [6.07, 6.45) is 14.1. The lowest BCUT2D eigenvalue weighted by Gasteiger charge is -1.99. The fraction of sp³-hybridized carbons (Fsp3) is 0.800. The van der Waals surface area contributed by atoms with Crippen molar-refractivity contribution in [1.82, 2.24) is 0 Å². The van der Waals surface area contributed by atoms with Crippen LogP contribution in [0.15, 0.2) is 0 Å². The van der Waals surface area contributed by atoms with Gasteiger partial charge in [0.15, 0.2) is 0 Å². The predicted molar refractivity (Wildman–Crippen MR) is 70.3 cm³/mol. The van der Waals surface area contributed by atoms with Crippen molar-refractivity contribution in [1.29, 1.82) is 0 Å². The summed E-state index contributed by atoms with van der Waals surface area (Å²) in [4.78, 5) is 10.0. The molecule has 0 aliphatic heterocycles. The topological polar surface area (TPSA) is 17.1 Å². The quantitative estimate of drug-likeness (QED) is 0.302. The van der Waals surface area contributed by atoms with Crippen LogP contribution in [-0.4, -0.2) is 6.29 Å². The molecule has 0 aromatic carbocycles. The van der Waals surface area contributed by atoms with Gasteiger partial charge in [0.05, 0.1) is 0 Å². The Hall–Kier alpha value is -0.770. The van der Waals surface area contributed by atoms with Crippen molar-refractivity contribution in [2.45, 2.75) is 77.6 Å². The third kappa shape index (κ3) is 13.2. The largest absolute Gasteiger partial charge is 0.303 e. The maximum Gasteiger partial charge on any atom is 0.120 e. The Morgan fingerprint density at radius 1 is 0.812 bits per heavy atom. The third-order valence-corrected chi connectivity index (χ3v) is 2.67. The maximum atomic E-state index is 10.0. The highest BCUT2D eigenvalue weighted by Gasteiger charge is 1.90. The molecule has 0 bridgehead atoms. The van der Waals surface area contributed by atoms with Gasteiger partial charge in [-0.05, 0) is 6.42 Å². The van der Waals surface area contributed by atoms with E-state index in [0.29, 0.717) is 6.42 Å². The van der Waals surface area contributed by atoms with Gasteiger partial charge < -0.3 is 4.79 Å². The standard InChI is InChI=1S/C15H26O/c1-2-3-4-5-6-7-8-9-10-11-12-13-14-15-16/h15H,2-10,13-14H2,1H3. The molecule has 0 radical (unpaired) electrons. The summed E-state index contributed by atoms with van der Waals surface area (Å²) in [5.74, 6) is 6.15. The lowest BCUT2D eigenvalue weighted by Crippen LogP contribution is -1.80. The summed E-state index contributed by atoms with van der Waals surface area (Å²) in [5.41, 5.74) is 0. The summed E-state index contributed by atoms with van der Waals surface area (Å²) in [6, 6.07) is 0. The number of carbonyl (C=O) groups excluding carboxylic acids is 1. The zero-order valence-electron chi connectivity index (χ0n) is 10.8.